The molecule has 1 amide bonds. The smallest absolute Gasteiger partial charge is 0.237 e. The number of aromatic nitrogens is 1. The van der Waals surface area contributed by atoms with E-state index in [1.165, 1.54) is 17.6 Å². The summed E-state index contributed by atoms with van der Waals surface area (Å²) in [7, 11) is -3.24. The standard InChI is InChI=1S/C17H20N2O3S2/c1-11(2)14-10-17(14,15(20)19-16-18-8-9-23-16)12-4-6-13(7-5-12)24(3,21)22/h4-9,11,14H,10H2,1-3H3,(H,18,19,20)/t14-,17-/m0/s1. The molecule has 0 spiro atoms. The Morgan fingerprint density at radius 1 is 1.33 bits per heavy atom. The first kappa shape index (κ1) is 17.1. The number of nitrogens with one attached hydrogen (secondary N) is 1. The van der Waals surface area contributed by atoms with Crippen molar-refractivity contribution >= 4 is 32.2 Å². The highest BCUT2D eigenvalue weighted by Crippen LogP contribution is 2.58. The summed E-state index contributed by atoms with van der Waals surface area (Å²) in [4.78, 5) is 17.3. The molecule has 0 bridgehead atoms. The van der Waals surface area contributed by atoms with Gasteiger partial charge in [0.15, 0.2) is 15.0 Å². The Kier molecular flexibility index (Phi) is 4.25. The van der Waals surface area contributed by atoms with Crippen molar-refractivity contribution in [1.29, 1.82) is 0 Å². The maximum atomic E-state index is 12.9. The minimum Gasteiger partial charge on any atom is -0.301 e. The summed E-state index contributed by atoms with van der Waals surface area (Å²) in [5.41, 5.74) is 0.262. The molecule has 1 aliphatic carbocycles. The molecule has 1 saturated carbocycles. The Bertz CT molecular complexity index is 842. The molecule has 2 atom stereocenters. The lowest BCUT2D eigenvalue weighted by atomic mass is 9.88. The van der Waals surface area contributed by atoms with Gasteiger partial charge in [-0.1, -0.05) is 26.0 Å². The van der Waals surface area contributed by atoms with E-state index in [4.69, 9.17) is 0 Å². The van der Waals surface area contributed by atoms with Gasteiger partial charge in [0.25, 0.3) is 0 Å². The van der Waals surface area contributed by atoms with Crippen LogP contribution in [0.15, 0.2) is 40.7 Å². The first-order chi connectivity index (χ1) is 11.2. The molecule has 7 heteroatoms. The molecule has 1 aromatic carbocycles. The zero-order valence-electron chi connectivity index (χ0n) is 13.8. The Morgan fingerprint density at radius 3 is 2.46 bits per heavy atom. The molecule has 24 heavy (non-hydrogen) atoms. The van der Waals surface area contributed by atoms with Crippen molar-refractivity contribution in [2.75, 3.05) is 11.6 Å². The van der Waals surface area contributed by atoms with Crippen molar-refractivity contribution in [2.45, 2.75) is 30.6 Å². The normalized spacial score (nSPS) is 23.2. The molecule has 5 nitrogen and oxygen atoms in total. The second-order valence-corrected chi connectivity index (χ2v) is 9.52. The van der Waals surface area contributed by atoms with Gasteiger partial charge in [-0.15, -0.1) is 11.3 Å². The van der Waals surface area contributed by atoms with E-state index in [0.717, 1.165) is 12.0 Å². The van der Waals surface area contributed by atoms with Crippen LogP contribution in [0.1, 0.15) is 25.8 Å². The van der Waals surface area contributed by atoms with E-state index < -0.39 is 15.3 Å². The van der Waals surface area contributed by atoms with Crippen molar-refractivity contribution in [3.8, 4) is 0 Å². The number of hydrogen-bond donors (Lipinski definition) is 1. The van der Waals surface area contributed by atoms with Gasteiger partial charge >= 0.3 is 0 Å². The highest BCUT2D eigenvalue weighted by atomic mass is 32.2. The summed E-state index contributed by atoms with van der Waals surface area (Å²) in [6.45, 7) is 4.21. The maximum absolute atomic E-state index is 12.9. The van der Waals surface area contributed by atoms with Crippen LogP contribution in [0.25, 0.3) is 0 Å². The van der Waals surface area contributed by atoms with Crippen LogP contribution in [0, 0.1) is 11.8 Å². The van der Waals surface area contributed by atoms with Crippen molar-refractivity contribution in [1.82, 2.24) is 4.98 Å². The topological polar surface area (TPSA) is 76.1 Å². The summed E-state index contributed by atoms with van der Waals surface area (Å²) in [5, 5.41) is 5.30. The Balaban J connectivity index is 1.94. The number of sulfone groups is 1. The van der Waals surface area contributed by atoms with Crippen molar-refractivity contribution in [3.05, 3.63) is 41.4 Å². The number of rotatable bonds is 5. The molecule has 1 aliphatic rings. The van der Waals surface area contributed by atoms with Gasteiger partial charge in [0.2, 0.25) is 5.91 Å². The number of nitrogens with zero attached hydrogens (tertiary/aromatic N) is 1. The summed E-state index contributed by atoms with van der Waals surface area (Å²) in [6.07, 6.45) is 3.60. The monoisotopic (exact) mass is 364 g/mol. The molecule has 1 fully saturated rings. The molecule has 0 unspecified atom stereocenters. The van der Waals surface area contributed by atoms with Crippen LogP contribution in [0.5, 0.6) is 0 Å². The van der Waals surface area contributed by atoms with Crippen LogP contribution >= 0.6 is 11.3 Å². The van der Waals surface area contributed by atoms with E-state index in [1.54, 1.807) is 30.5 Å². The van der Waals surface area contributed by atoms with E-state index in [2.05, 4.69) is 24.1 Å². The third-order valence-electron chi connectivity index (χ3n) is 4.68. The number of thiazole rings is 1. The van der Waals surface area contributed by atoms with E-state index in [9.17, 15) is 13.2 Å². The number of anilines is 1. The zero-order valence-corrected chi connectivity index (χ0v) is 15.4. The predicted molar refractivity (Wildman–Crippen MR) is 94.9 cm³/mol. The minimum absolute atomic E-state index is 0.0664. The van der Waals surface area contributed by atoms with E-state index in [0.29, 0.717) is 11.0 Å². The van der Waals surface area contributed by atoms with Gasteiger partial charge < -0.3 is 5.32 Å². The van der Waals surface area contributed by atoms with Crippen LogP contribution in [-0.2, 0) is 20.0 Å². The second kappa shape index (κ2) is 5.97. The van der Waals surface area contributed by atoms with Crippen molar-refractivity contribution in [3.63, 3.8) is 0 Å². The third-order valence-corrected chi connectivity index (χ3v) is 6.49. The molecular formula is C17H20N2O3S2. The lowest BCUT2D eigenvalue weighted by molar-refractivity contribution is -0.119. The Morgan fingerprint density at radius 2 is 2.00 bits per heavy atom. The fraction of sp³-hybridized carbons (Fsp3) is 0.412. The summed E-state index contributed by atoms with van der Waals surface area (Å²) in [6, 6.07) is 6.69. The Labute approximate surface area is 146 Å². The van der Waals surface area contributed by atoms with Gasteiger partial charge in [-0.25, -0.2) is 13.4 Å². The predicted octanol–water partition coefficient (Wildman–Crippen LogP) is 3.10. The largest absolute Gasteiger partial charge is 0.301 e. The van der Waals surface area contributed by atoms with Crippen LogP contribution in [0.3, 0.4) is 0 Å². The van der Waals surface area contributed by atoms with Gasteiger partial charge in [-0.05, 0) is 36.0 Å². The maximum Gasteiger partial charge on any atom is 0.237 e. The Hall–Kier alpha value is -1.73. The molecule has 2 aromatic rings. The van der Waals surface area contributed by atoms with Gasteiger partial charge in [0, 0.05) is 17.8 Å². The molecule has 1 N–H and O–H groups in total. The van der Waals surface area contributed by atoms with Crippen LogP contribution in [0.2, 0.25) is 0 Å². The molecule has 128 valence electrons. The third kappa shape index (κ3) is 2.98. The molecule has 1 aromatic heterocycles. The van der Waals surface area contributed by atoms with Crippen LogP contribution < -0.4 is 5.32 Å². The minimum atomic E-state index is -3.24. The van der Waals surface area contributed by atoms with Gasteiger partial charge in [-0.2, -0.15) is 0 Å². The molecule has 0 saturated heterocycles. The fourth-order valence-corrected chi connectivity index (χ4v) is 4.46. The summed E-state index contributed by atoms with van der Waals surface area (Å²) < 4.78 is 23.3. The first-order valence-corrected chi connectivity index (χ1v) is 10.5. The highest BCUT2D eigenvalue weighted by molar-refractivity contribution is 7.90. The number of amides is 1. The average molecular weight is 364 g/mol. The molecular weight excluding hydrogens is 344 g/mol. The number of carbonyl (C=O) groups is 1. The van der Waals surface area contributed by atoms with Gasteiger partial charge in [0.1, 0.15) is 0 Å². The SMILES string of the molecule is CC(C)[C@@H]1C[C@]1(C(=O)Nc1nccs1)c1ccc(S(C)(=O)=O)cc1. The number of carbonyl (C=O) groups excluding carboxylic acids is 1. The van der Waals surface area contributed by atoms with Crippen molar-refractivity contribution in [2.24, 2.45) is 11.8 Å². The second-order valence-electron chi connectivity index (χ2n) is 6.61. The van der Waals surface area contributed by atoms with Gasteiger partial charge in [-0.3, -0.25) is 4.79 Å². The summed E-state index contributed by atoms with van der Waals surface area (Å²) >= 11 is 1.38. The average Bonchev–Trinajstić information content (AvgIpc) is 3.10. The lowest BCUT2D eigenvalue weighted by Gasteiger charge is -2.19. The number of hydrogen-bond acceptors (Lipinski definition) is 5. The fourth-order valence-electron chi connectivity index (χ4n) is 3.31. The van der Waals surface area contributed by atoms with E-state index in [-0.39, 0.29) is 16.7 Å². The van der Waals surface area contributed by atoms with Crippen molar-refractivity contribution < 1.29 is 13.2 Å². The first-order valence-electron chi connectivity index (χ1n) is 7.76. The van der Waals surface area contributed by atoms with Crippen LogP contribution in [0.4, 0.5) is 5.13 Å². The van der Waals surface area contributed by atoms with Crippen LogP contribution in [-0.4, -0.2) is 25.6 Å². The molecule has 0 aliphatic heterocycles. The summed E-state index contributed by atoms with van der Waals surface area (Å²) in [5.74, 6) is 0.534. The molecule has 0 radical (unpaired) electrons. The van der Waals surface area contributed by atoms with E-state index in [1.807, 2.05) is 5.38 Å². The lowest BCUT2D eigenvalue weighted by Crippen LogP contribution is -2.31. The van der Waals surface area contributed by atoms with E-state index >= 15 is 0 Å². The molecule has 3 rings (SSSR count). The number of benzene rings is 1. The zero-order chi connectivity index (χ0) is 17.5. The molecule has 1 heterocycles. The quantitative estimate of drug-likeness (QED) is 0.884. The van der Waals surface area contributed by atoms with Gasteiger partial charge in [0.05, 0.1) is 10.3 Å². The highest BCUT2D eigenvalue weighted by Gasteiger charge is 2.61.